The number of hydrogen-bond acceptors (Lipinski definition) is 5. The van der Waals surface area contributed by atoms with Crippen LogP contribution in [0.4, 0.5) is 5.69 Å². The molecule has 2 aromatic rings. The van der Waals surface area contributed by atoms with Crippen LogP contribution in [0, 0.1) is 0 Å². The fraction of sp³-hybridized carbons (Fsp3) is 0.462. The van der Waals surface area contributed by atoms with Crippen LogP contribution < -0.4 is 10.6 Å². The van der Waals surface area contributed by atoms with E-state index in [-0.39, 0.29) is 6.04 Å². The van der Waals surface area contributed by atoms with Gasteiger partial charge in [0.1, 0.15) is 0 Å². The molecular formula is C13H18N6. The normalized spacial score (nSPS) is 15.6. The number of benzene rings is 1. The first-order valence-electron chi connectivity index (χ1n) is 6.49. The molecule has 6 nitrogen and oxygen atoms in total. The van der Waals surface area contributed by atoms with Crippen LogP contribution in [-0.4, -0.2) is 26.8 Å². The minimum atomic E-state index is 0.0843. The molecule has 1 aromatic heterocycles. The highest BCUT2D eigenvalue weighted by molar-refractivity contribution is 5.59. The predicted octanol–water partition coefficient (Wildman–Crippen LogP) is 0.792. The van der Waals surface area contributed by atoms with Crippen molar-refractivity contribution in [3.8, 4) is 0 Å². The molecule has 0 spiro atoms. The summed E-state index contributed by atoms with van der Waals surface area (Å²) in [5.74, 6) is 0.756. The summed E-state index contributed by atoms with van der Waals surface area (Å²) in [7, 11) is 1.78. The van der Waals surface area contributed by atoms with E-state index in [0.29, 0.717) is 6.54 Å². The lowest BCUT2D eigenvalue weighted by Gasteiger charge is -2.17. The van der Waals surface area contributed by atoms with Crippen LogP contribution in [0.15, 0.2) is 18.2 Å². The van der Waals surface area contributed by atoms with E-state index in [1.54, 1.807) is 7.05 Å². The monoisotopic (exact) mass is 258 g/mol. The molecule has 0 aliphatic carbocycles. The van der Waals surface area contributed by atoms with E-state index in [0.717, 1.165) is 18.8 Å². The summed E-state index contributed by atoms with van der Waals surface area (Å²) in [6.07, 6.45) is 1.05. The van der Waals surface area contributed by atoms with Crippen LogP contribution >= 0.6 is 0 Å². The molecule has 0 fully saturated rings. The largest absolute Gasteiger partial charge is 0.363 e. The number of hydrogen-bond donors (Lipinski definition) is 1. The Morgan fingerprint density at radius 1 is 1.42 bits per heavy atom. The van der Waals surface area contributed by atoms with Gasteiger partial charge >= 0.3 is 0 Å². The molecule has 0 amide bonds. The number of nitrogens with zero attached hydrogens (tertiary/aromatic N) is 5. The van der Waals surface area contributed by atoms with Gasteiger partial charge in [0.15, 0.2) is 5.82 Å². The van der Waals surface area contributed by atoms with E-state index >= 15 is 0 Å². The second-order valence-corrected chi connectivity index (χ2v) is 5.04. The number of anilines is 1. The van der Waals surface area contributed by atoms with Crippen LogP contribution in [-0.2, 0) is 20.0 Å². The molecule has 2 heterocycles. The fourth-order valence-corrected chi connectivity index (χ4v) is 2.49. The maximum atomic E-state index is 5.92. The predicted molar refractivity (Wildman–Crippen MR) is 72.6 cm³/mol. The summed E-state index contributed by atoms with van der Waals surface area (Å²) in [6.45, 7) is 3.71. The molecule has 1 atom stereocenters. The molecule has 0 saturated carbocycles. The standard InChI is InChI=1S/C13H18N6/c1-9(14)10-3-4-12-11(7-10)5-6-19(12)8-13-15-17-18(2)16-13/h3-4,7,9H,5-6,8,14H2,1-2H3. The smallest absolute Gasteiger partial charge is 0.193 e. The summed E-state index contributed by atoms with van der Waals surface area (Å²) in [6, 6.07) is 6.55. The number of aromatic nitrogens is 4. The van der Waals surface area contributed by atoms with Crippen molar-refractivity contribution < 1.29 is 0 Å². The maximum Gasteiger partial charge on any atom is 0.193 e. The fourth-order valence-electron chi connectivity index (χ4n) is 2.49. The average Bonchev–Trinajstić information content (AvgIpc) is 2.96. The molecule has 2 N–H and O–H groups in total. The van der Waals surface area contributed by atoms with Gasteiger partial charge in [0.25, 0.3) is 0 Å². The molecule has 1 aromatic carbocycles. The first-order valence-corrected chi connectivity index (χ1v) is 6.49. The molecule has 1 unspecified atom stereocenters. The highest BCUT2D eigenvalue weighted by Gasteiger charge is 2.21. The van der Waals surface area contributed by atoms with Gasteiger partial charge < -0.3 is 10.6 Å². The molecule has 0 saturated heterocycles. The Morgan fingerprint density at radius 2 is 2.26 bits per heavy atom. The third-order valence-electron chi connectivity index (χ3n) is 3.50. The van der Waals surface area contributed by atoms with Gasteiger partial charge in [0.05, 0.1) is 13.6 Å². The summed E-state index contributed by atoms with van der Waals surface area (Å²) < 4.78 is 0. The molecule has 19 heavy (non-hydrogen) atoms. The quantitative estimate of drug-likeness (QED) is 0.881. The second kappa shape index (κ2) is 4.62. The van der Waals surface area contributed by atoms with Crippen molar-refractivity contribution in [1.82, 2.24) is 20.2 Å². The Morgan fingerprint density at radius 3 is 2.95 bits per heavy atom. The van der Waals surface area contributed by atoms with E-state index in [4.69, 9.17) is 5.73 Å². The SMILES string of the molecule is CC(N)c1ccc2c(c1)CCN2Cc1nnn(C)n1. The van der Waals surface area contributed by atoms with Gasteiger partial charge in [0, 0.05) is 18.3 Å². The third-order valence-corrected chi connectivity index (χ3v) is 3.50. The van der Waals surface area contributed by atoms with E-state index in [1.807, 2.05) is 6.92 Å². The maximum absolute atomic E-state index is 5.92. The summed E-state index contributed by atoms with van der Waals surface area (Å²) >= 11 is 0. The molecular weight excluding hydrogens is 240 g/mol. The van der Waals surface area contributed by atoms with Gasteiger partial charge in [-0.2, -0.15) is 4.80 Å². The molecule has 0 bridgehead atoms. The minimum Gasteiger partial charge on any atom is -0.363 e. The average molecular weight is 258 g/mol. The molecule has 3 rings (SSSR count). The number of aryl methyl sites for hydroxylation is 1. The lowest BCUT2D eigenvalue weighted by Crippen LogP contribution is -2.20. The zero-order valence-corrected chi connectivity index (χ0v) is 11.2. The molecule has 1 aliphatic heterocycles. The van der Waals surface area contributed by atoms with Gasteiger partial charge in [-0.15, -0.1) is 10.2 Å². The van der Waals surface area contributed by atoms with Crippen LogP contribution in [0.1, 0.15) is 29.9 Å². The van der Waals surface area contributed by atoms with E-state index in [9.17, 15) is 0 Å². The third kappa shape index (κ3) is 2.31. The van der Waals surface area contributed by atoms with Crippen LogP contribution in [0.5, 0.6) is 0 Å². The Hall–Kier alpha value is -1.95. The van der Waals surface area contributed by atoms with Crippen molar-refractivity contribution in [2.24, 2.45) is 12.8 Å². The van der Waals surface area contributed by atoms with Crippen molar-refractivity contribution in [3.63, 3.8) is 0 Å². The first-order chi connectivity index (χ1) is 9.13. The van der Waals surface area contributed by atoms with Crippen molar-refractivity contribution in [1.29, 1.82) is 0 Å². The van der Waals surface area contributed by atoms with Crippen LogP contribution in [0.25, 0.3) is 0 Å². The molecule has 6 heteroatoms. The van der Waals surface area contributed by atoms with Gasteiger partial charge in [-0.1, -0.05) is 12.1 Å². The first kappa shape index (κ1) is 12.1. The van der Waals surface area contributed by atoms with Crippen molar-refractivity contribution in [2.75, 3.05) is 11.4 Å². The lowest BCUT2D eigenvalue weighted by atomic mass is 10.0. The van der Waals surface area contributed by atoms with Gasteiger partial charge in [0.2, 0.25) is 0 Å². The summed E-state index contributed by atoms with van der Waals surface area (Å²) in [5.41, 5.74) is 9.74. The minimum absolute atomic E-state index is 0.0843. The van der Waals surface area contributed by atoms with Crippen LogP contribution in [0.3, 0.4) is 0 Å². The van der Waals surface area contributed by atoms with Crippen molar-refractivity contribution in [2.45, 2.75) is 25.9 Å². The number of rotatable bonds is 3. The van der Waals surface area contributed by atoms with Gasteiger partial charge in [-0.3, -0.25) is 0 Å². The number of fused-ring (bicyclic) bond motifs is 1. The Bertz CT molecular complexity index is 589. The molecule has 100 valence electrons. The Balaban J connectivity index is 1.82. The van der Waals surface area contributed by atoms with E-state index in [2.05, 4.69) is 38.5 Å². The number of nitrogens with two attached hydrogens (primary N) is 1. The molecule has 1 aliphatic rings. The Labute approximate surface area is 112 Å². The highest BCUT2D eigenvalue weighted by atomic mass is 15.6. The Kier molecular flexibility index (Phi) is 2.94. The van der Waals surface area contributed by atoms with E-state index in [1.165, 1.54) is 21.6 Å². The lowest BCUT2D eigenvalue weighted by molar-refractivity contribution is 0.626. The zero-order chi connectivity index (χ0) is 13.4. The topological polar surface area (TPSA) is 72.9 Å². The van der Waals surface area contributed by atoms with E-state index < -0.39 is 0 Å². The van der Waals surface area contributed by atoms with Gasteiger partial charge in [-0.25, -0.2) is 0 Å². The zero-order valence-electron chi connectivity index (χ0n) is 11.2. The van der Waals surface area contributed by atoms with Crippen molar-refractivity contribution >= 4 is 5.69 Å². The van der Waals surface area contributed by atoms with Crippen LogP contribution in [0.2, 0.25) is 0 Å². The van der Waals surface area contributed by atoms with Gasteiger partial charge in [-0.05, 0) is 35.8 Å². The summed E-state index contributed by atoms with van der Waals surface area (Å²) in [4.78, 5) is 3.78. The second-order valence-electron chi connectivity index (χ2n) is 5.04. The summed E-state index contributed by atoms with van der Waals surface area (Å²) in [5, 5.41) is 12.1. The number of tetrazole rings is 1. The molecule has 0 radical (unpaired) electrons. The highest BCUT2D eigenvalue weighted by Crippen LogP contribution is 2.30. The van der Waals surface area contributed by atoms with Crippen molar-refractivity contribution in [3.05, 3.63) is 35.2 Å².